The van der Waals surface area contributed by atoms with Crippen LogP contribution >= 0.6 is 0 Å². The quantitative estimate of drug-likeness (QED) is 0.440. The van der Waals surface area contributed by atoms with Crippen LogP contribution in [0.3, 0.4) is 0 Å². The van der Waals surface area contributed by atoms with E-state index in [4.69, 9.17) is 9.47 Å². The van der Waals surface area contributed by atoms with Crippen LogP contribution in [0, 0.1) is 5.92 Å². The molecule has 13 heteroatoms. The number of nitrogens with one attached hydrogen (secondary N) is 3. The van der Waals surface area contributed by atoms with E-state index in [9.17, 15) is 13.6 Å². The molecule has 3 aromatic rings. The summed E-state index contributed by atoms with van der Waals surface area (Å²) in [6, 6.07) is 3.16. The SMILES string of the molecule is O=C(NC12CC(C1)C2)O[C@H]1CC[C@@H](c2cc(Nc3nccn4nc(OCC(F)F)cc34)n[nH]2)[C@@H]1F. The van der Waals surface area contributed by atoms with Crippen LogP contribution in [0.25, 0.3) is 5.52 Å². The van der Waals surface area contributed by atoms with Crippen molar-refractivity contribution in [1.82, 2.24) is 30.1 Å². The van der Waals surface area contributed by atoms with Gasteiger partial charge in [-0.25, -0.2) is 27.5 Å². The zero-order valence-electron chi connectivity index (χ0n) is 18.6. The molecule has 35 heavy (non-hydrogen) atoms. The van der Waals surface area contributed by atoms with Crippen molar-refractivity contribution in [2.24, 2.45) is 5.92 Å². The van der Waals surface area contributed by atoms with Gasteiger partial charge >= 0.3 is 6.09 Å². The zero-order chi connectivity index (χ0) is 24.2. The van der Waals surface area contributed by atoms with Crippen LogP contribution < -0.4 is 15.4 Å². The van der Waals surface area contributed by atoms with Gasteiger partial charge in [0.05, 0.1) is 0 Å². The fourth-order valence-corrected chi connectivity index (χ4v) is 5.31. The van der Waals surface area contributed by atoms with Crippen LogP contribution in [0.15, 0.2) is 24.5 Å². The third kappa shape index (κ3) is 4.12. The first-order valence-corrected chi connectivity index (χ1v) is 11.6. The van der Waals surface area contributed by atoms with Gasteiger partial charge in [-0.15, -0.1) is 5.10 Å². The Labute approximate surface area is 197 Å². The second kappa shape index (κ2) is 8.31. The number of rotatable bonds is 8. The molecule has 0 aliphatic heterocycles. The van der Waals surface area contributed by atoms with Crippen LogP contribution in [0.4, 0.5) is 29.6 Å². The molecule has 186 valence electrons. The van der Waals surface area contributed by atoms with Crippen molar-refractivity contribution in [3.05, 3.63) is 30.2 Å². The van der Waals surface area contributed by atoms with E-state index < -0.39 is 37.3 Å². The van der Waals surface area contributed by atoms with Crippen molar-refractivity contribution >= 4 is 23.2 Å². The molecule has 4 aliphatic carbocycles. The lowest BCUT2D eigenvalue weighted by Gasteiger charge is -2.61. The van der Waals surface area contributed by atoms with Crippen LogP contribution in [0.5, 0.6) is 5.88 Å². The summed E-state index contributed by atoms with van der Waals surface area (Å²) in [4.78, 5) is 16.5. The minimum Gasteiger partial charge on any atom is -0.471 e. The summed E-state index contributed by atoms with van der Waals surface area (Å²) in [7, 11) is 0. The fourth-order valence-electron chi connectivity index (χ4n) is 5.31. The number of H-pyrrole nitrogens is 1. The van der Waals surface area contributed by atoms with Gasteiger partial charge in [-0.05, 0) is 38.0 Å². The third-order valence-corrected chi connectivity index (χ3v) is 7.13. The molecule has 10 nitrogen and oxygen atoms in total. The average molecular weight is 491 g/mol. The van der Waals surface area contributed by atoms with Crippen LogP contribution in [-0.4, -0.2) is 61.7 Å². The van der Waals surface area contributed by atoms with Gasteiger partial charge in [0, 0.05) is 41.7 Å². The number of hydrogen-bond donors (Lipinski definition) is 3. The van der Waals surface area contributed by atoms with Crippen molar-refractivity contribution in [3.8, 4) is 5.88 Å². The summed E-state index contributed by atoms with van der Waals surface area (Å²) in [6.07, 6.45) is 1.64. The average Bonchev–Trinajstić information content (AvgIpc) is 3.48. The molecule has 3 aromatic heterocycles. The highest BCUT2D eigenvalue weighted by atomic mass is 19.3. The Morgan fingerprint density at radius 1 is 1.29 bits per heavy atom. The monoisotopic (exact) mass is 491 g/mol. The predicted molar refractivity (Wildman–Crippen MR) is 117 cm³/mol. The van der Waals surface area contributed by atoms with Gasteiger partial charge in [-0.3, -0.25) is 5.10 Å². The number of alkyl halides is 3. The summed E-state index contributed by atoms with van der Waals surface area (Å²) in [5.41, 5.74) is 0.957. The van der Waals surface area contributed by atoms with Gasteiger partial charge in [0.1, 0.15) is 17.8 Å². The summed E-state index contributed by atoms with van der Waals surface area (Å²) < 4.78 is 51.8. The summed E-state index contributed by atoms with van der Waals surface area (Å²) in [5, 5.41) is 17.1. The van der Waals surface area contributed by atoms with E-state index in [1.165, 1.54) is 16.8 Å². The molecule has 0 unspecified atom stereocenters. The molecule has 0 aromatic carbocycles. The molecule has 4 saturated carbocycles. The number of carbonyl (C=O) groups is 1. The summed E-state index contributed by atoms with van der Waals surface area (Å²) in [6.45, 7) is -0.762. The summed E-state index contributed by atoms with van der Waals surface area (Å²) in [5.74, 6) is 1.05. The molecule has 0 saturated heterocycles. The minimum absolute atomic E-state index is 0.0411. The molecular formula is C22H24F3N7O3. The van der Waals surface area contributed by atoms with Crippen LogP contribution in [0.1, 0.15) is 43.7 Å². The highest BCUT2D eigenvalue weighted by molar-refractivity contribution is 5.73. The molecule has 0 spiro atoms. The molecular weight excluding hydrogens is 467 g/mol. The van der Waals surface area contributed by atoms with Gasteiger partial charge in [0.2, 0.25) is 5.88 Å². The molecule has 0 radical (unpaired) electrons. The van der Waals surface area contributed by atoms with Gasteiger partial charge in [-0.1, -0.05) is 0 Å². The number of fused-ring (bicyclic) bond motifs is 1. The molecule has 4 fully saturated rings. The number of carbonyl (C=O) groups excluding carboxylic acids is 1. The van der Waals surface area contributed by atoms with Crippen LogP contribution in [0.2, 0.25) is 0 Å². The van der Waals surface area contributed by atoms with E-state index in [0.717, 1.165) is 25.2 Å². The van der Waals surface area contributed by atoms with Gasteiger partial charge < -0.3 is 20.1 Å². The first-order valence-electron chi connectivity index (χ1n) is 11.6. The van der Waals surface area contributed by atoms with E-state index in [-0.39, 0.29) is 11.4 Å². The Kier molecular flexibility index (Phi) is 5.22. The Morgan fingerprint density at radius 2 is 2.11 bits per heavy atom. The maximum Gasteiger partial charge on any atom is 0.407 e. The Hall–Kier alpha value is -3.51. The van der Waals surface area contributed by atoms with Crippen molar-refractivity contribution < 1.29 is 27.4 Å². The molecule has 4 aliphatic rings. The van der Waals surface area contributed by atoms with E-state index in [1.54, 1.807) is 12.3 Å². The third-order valence-electron chi connectivity index (χ3n) is 7.13. The second-order valence-corrected chi connectivity index (χ2v) is 9.58. The Balaban J connectivity index is 1.09. The van der Waals surface area contributed by atoms with E-state index in [0.29, 0.717) is 35.7 Å². The number of alkyl carbamates (subject to hydrolysis) is 1. The van der Waals surface area contributed by atoms with Crippen LogP contribution in [-0.2, 0) is 4.74 Å². The fraction of sp³-hybridized carbons (Fsp3) is 0.545. The molecule has 7 rings (SSSR count). The van der Waals surface area contributed by atoms with E-state index in [1.807, 2.05) is 0 Å². The highest BCUT2D eigenvalue weighted by Crippen LogP contribution is 2.57. The number of aromatic amines is 1. The number of aromatic nitrogens is 5. The minimum atomic E-state index is -2.61. The lowest BCUT2D eigenvalue weighted by molar-refractivity contribution is -0.0532. The van der Waals surface area contributed by atoms with Gasteiger partial charge in [0.15, 0.2) is 18.2 Å². The number of amides is 1. The van der Waals surface area contributed by atoms with Gasteiger partial charge in [-0.2, -0.15) is 5.10 Å². The smallest absolute Gasteiger partial charge is 0.407 e. The molecule has 1 amide bonds. The number of anilines is 2. The van der Waals surface area contributed by atoms with E-state index >= 15 is 4.39 Å². The largest absolute Gasteiger partial charge is 0.471 e. The number of nitrogens with zero attached hydrogens (tertiary/aromatic N) is 4. The Morgan fingerprint density at radius 3 is 2.86 bits per heavy atom. The Bertz CT molecular complexity index is 1230. The predicted octanol–water partition coefficient (Wildman–Crippen LogP) is 3.70. The van der Waals surface area contributed by atoms with Gasteiger partial charge in [0.25, 0.3) is 6.43 Å². The lowest BCUT2D eigenvalue weighted by Crippen LogP contribution is -2.68. The second-order valence-electron chi connectivity index (χ2n) is 9.58. The number of halogens is 3. The normalized spacial score (nSPS) is 29.0. The highest BCUT2D eigenvalue weighted by Gasteiger charge is 2.58. The van der Waals surface area contributed by atoms with Crippen molar-refractivity contribution in [1.29, 1.82) is 0 Å². The number of ether oxygens (including phenoxy) is 2. The van der Waals surface area contributed by atoms with Crippen molar-refractivity contribution in [2.75, 3.05) is 11.9 Å². The zero-order valence-corrected chi connectivity index (χ0v) is 18.6. The van der Waals surface area contributed by atoms with Crippen molar-refractivity contribution in [3.63, 3.8) is 0 Å². The number of hydrogen-bond acceptors (Lipinski definition) is 7. The standard InChI is InChI=1S/C22H24F3N7O3/c23-16(24)10-34-18-6-14-20(26-3-4-32(14)31-18)27-17-5-13(29-30-17)12-1-2-15(19(12)25)35-21(33)28-22-7-11(8-22)9-22/h3-6,11-12,15-16,19H,1-2,7-10H2,(H,28,33)(H2,26,27,29,30)/t11?,12-,15-,19-,22?/m0/s1. The first-order chi connectivity index (χ1) is 16.9. The molecule has 3 heterocycles. The maximum atomic E-state index is 15.1. The summed E-state index contributed by atoms with van der Waals surface area (Å²) >= 11 is 0. The topological polar surface area (TPSA) is 118 Å². The van der Waals surface area contributed by atoms with Crippen molar-refractivity contribution in [2.45, 2.75) is 62.3 Å². The lowest BCUT2D eigenvalue weighted by atomic mass is 9.50. The maximum absolute atomic E-state index is 15.1. The van der Waals surface area contributed by atoms with E-state index in [2.05, 4.69) is 30.9 Å². The molecule has 3 atom stereocenters. The first kappa shape index (κ1) is 22.0. The molecule has 3 N–H and O–H groups in total. The molecule has 2 bridgehead atoms.